The molecule has 0 saturated carbocycles. The number of carbonyl (C=O) groups is 2. The summed E-state index contributed by atoms with van der Waals surface area (Å²) in [5.74, 6) is -0.258. The van der Waals surface area contributed by atoms with Crippen LogP contribution < -0.4 is 16.4 Å². The molecule has 19 heavy (non-hydrogen) atoms. The van der Waals surface area contributed by atoms with Gasteiger partial charge in [0.2, 0.25) is 5.91 Å². The molecule has 2 aromatic rings. The Morgan fingerprint density at radius 1 is 1.00 bits per heavy atom. The maximum atomic E-state index is 11.2. The molecule has 0 bridgehead atoms. The minimum atomic E-state index is -0.603. The molecule has 4 N–H and O–H groups in total. The highest BCUT2D eigenvalue weighted by Crippen LogP contribution is 2.22. The van der Waals surface area contributed by atoms with E-state index in [1.165, 1.54) is 6.08 Å². The molecule has 0 heterocycles. The van der Waals surface area contributed by atoms with Crippen molar-refractivity contribution < 1.29 is 9.59 Å². The van der Waals surface area contributed by atoms with E-state index < -0.39 is 6.03 Å². The predicted molar refractivity (Wildman–Crippen MR) is 76.0 cm³/mol. The van der Waals surface area contributed by atoms with E-state index in [4.69, 9.17) is 5.73 Å². The lowest BCUT2D eigenvalue weighted by molar-refractivity contribution is -0.111. The van der Waals surface area contributed by atoms with Crippen molar-refractivity contribution in [3.63, 3.8) is 0 Å². The zero-order chi connectivity index (χ0) is 13.8. The average molecular weight is 255 g/mol. The van der Waals surface area contributed by atoms with Gasteiger partial charge < -0.3 is 16.4 Å². The van der Waals surface area contributed by atoms with E-state index in [0.29, 0.717) is 11.4 Å². The smallest absolute Gasteiger partial charge is 0.316 e. The lowest BCUT2D eigenvalue weighted by atomic mass is 10.1. The summed E-state index contributed by atoms with van der Waals surface area (Å²) in [6.45, 7) is 3.39. The fourth-order valence-electron chi connectivity index (χ4n) is 1.74. The van der Waals surface area contributed by atoms with Gasteiger partial charge in [-0.3, -0.25) is 4.79 Å². The molecule has 96 valence electrons. The lowest BCUT2D eigenvalue weighted by Crippen LogP contribution is -2.19. The zero-order valence-electron chi connectivity index (χ0n) is 10.1. The second kappa shape index (κ2) is 5.22. The lowest BCUT2D eigenvalue weighted by Gasteiger charge is -2.06. The first-order chi connectivity index (χ1) is 9.08. The van der Waals surface area contributed by atoms with Crippen molar-refractivity contribution in [3.05, 3.63) is 49.1 Å². The number of hydrogen-bond acceptors (Lipinski definition) is 2. The Bertz CT molecular complexity index is 665. The van der Waals surface area contributed by atoms with Gasteiger partial charge in [0.05, 0.1) is 0 Å². The van der Waals surface area contributed by atoms with E-state index in [1.807, 2.05) is 18.2 Å². The SMILES string of the molecule is C=CC(=O)Nc1ccc2cc(NC(N)=O)ccc2c1. The Morgan fingerprint density at radius 3 is 2.00 bits per heavy atom. The van der Waals surface area contributed by atoms with Crippen molar-refractivity contribution in [2.45, 2.75) is 0 Å². The van der Waals surface area contributed by atoms with Gasteiger partial charge in [-0.05, 0) is 41.1 Å². The number of anilines is 2. The van der Waals surface area contributed by atoms with E-state index in [0.717, 1.165) is 10.8 Å². The topological polar surface area (TPSA) is 84.2 Å². The molecule has 0 aliphatic heterocycles. The number of primary amides is 1. The number of nitrogens with two attached hydrogens (primary N) is 1. The second-order valence-electron chi connectivity index (χ2n) is 3.96. The minimum absolute atomic E-state index is 0.258. The van der Waals surface area contributed by atoms with E-state index >= 15 is 0 Å². The molecule has 0 fully saturated rings. The molecule has 5 heteroatoms. The Balaban J connectivity index is 2.32. The van der Waals surface area contributed by atoms with Crippen LogP contribution in [0.3, 0.4) is 0 Å². The molecule has 0 atom stereocenters. The van der Waals surface area contributed by atoms with E-state index in [2.05, 4.69) is 17.2 Å². The largest absolute Gasteiger partial charge is 0.351 e. The summed E-state index contributed by atoms with van der Waals surface area (Å²) >= 11 is 0. The van der Waals surface area contributed by atoms with E-state index in [1.54, 1.807) is 18.2 Å². The molecule has 0 radical (unpaired) electrons. The fraction of sp³-hybridized carbons (Fsp3) is 0. The van der Waals surface area contributed by atoms with Crippen LogP contribution in [-0.4, -0.2) is 11.9 Å². The highest BCUT2D eigenvalue weighted by Gasteiger charge is 2.01. The van der Waals surface area contributed by atoms with Crippen LogP contribution in [0.15, 0.2) is 49.1 Å². The highest BCUT2D eigenvalue weighted by atomic mass is 16.2. The number of amides is 3. The molecule has 2 aromatic carbocycles. The maximum absolute atomic E-state index is 11.2. The van der Waals surface area contributed by atoms with Crippen molar-refractivity contribution >= 4 is 34.1 Å². The van der Waals surface area contributed by atoms with Crippen molar-refractivity contribution in [3.8, 4) is 0 Å². The molecule has 0 aliphatic rings. The molecule has 0 unspecified atom stereocenters. The number of hydrogen-bond donors (Lipinski definition) is 3. The Hall–Kier alpha value is -2.82. The molecule has 2 rings (SSSR count). The molecule has 0 aliphatic carbocycles. The number of rotatable bonds is 3. The Morgan fingerprint density at radius 2 is 1.53 bits per heavy atom. The minimum Gasteiger partial charge on any atom is -0.351 e. The van der Waals surface area contributed by atoms with Crippen LogP contribution in [0.2, 0.25) is 0 Å². The summed E-state index contributed by atoms with van der Waals surface area (Å²) in [4.78, 5) is 22.0. The van der Waals surface area contributed by atoms with Gasteiger partial charge in [0, 0.05) is 11.4 Å². The first kappa shape index (κ1) is 12.6. The summed E-state index contributed by atoms with van der Waals surface area (Å²) in [5, 5.41) is 7.07. The maximum Gasteiger partial charge on any atom is 0.316 e. The van der Waals surface area contributed by atoms with Gasteiger partial charge in [0.25, 0.3) is 0 Å². The third kappa shape index (κ3) is 3.10. The average Bonchev–Trinajstić information content (AvgIpc) is 2.38. The Kier molecular flexibility index (Phi) is 3.47. The van der Waals surface area contributed by atoms with Crippen LogP contribution in [0.25, 0.3) is 10.8 Å². The third-order valence-corrected chi connectivity index (χ3v) is 2.56. The van der Waals surface area contributed by atoms with Gasteiger partial charge >= 0.3 is 6.03 Å². The standard InChI is InChI=1S/C14H13N3O2/c1-2-13(18)16-11-5-3-10-8-12(17-14(15)19)6-4-9(10)7-11/h2-8H,1H2,(H,16,18)(H3,15,17,19). The van der Waals surface area contributed by atoms with Gasteiger partial charge in [-0.25, -0.2) is 4.79 Å². The van der Waals surface area contributed by atoms with Crippen LogP contribution in [0.5, 0.6) is 0 Å². The van der Waals surface area contributed by atoms with Crippen LogP contribution in [0.4, 0.5) is 16.2 Å². The summed E-state index contributed by atoms with van der Waals surface area (Å²) < 4.78 is 0. The Labute approximate surface area is 110 Å². The summed E-state index contributed by atoms with van der Waals surface area (Å²) in [6, 6.07) is 10.2. The third-order valence-electron chi connectivity index (χ3n) is 2.56. The van der Waals surface area contributed by atoms with Crippen molar-refractivity contribution in [1.29, 1.82) is 0 Å². The summed E-state index contributed by atoms with van der Waals surface area (Å²) in [5.41, 5.74) is 6.37. The number of carbonyl (C=O) groups excluding carboxylic acids is 2. The van der Waals surface area contributed by atoms with Crippen LogP contribution in [0, 0.1) is 0 Å². The molecule has 0 aromatic heterocycles. The number of fused-ring (bicyclic) bond motifs is 1. The monoisotopic (exact) mass is 255 g/mol. The second-order valence-corrected chi connectivity index (χ2v) is 3.96. The van der Waals surface area contributed by atoms with Crippen molar-refractivity contribution in [2.75, 3.05) is 10.6 Å². The predicted octanol–water partition coefficient (Wildman–Crippen LogP) is 2.45. The molecule has 0 saturated heterocycles. The summed E-state index contributed by atoms with van der Waals surface area (Å²) in [6.07, 6.45) is 1.21. The van der Waals surface area contributed by atoms with Gasteiger partial charge in [-0.1, -0.05) is 18.7 Å². The molecule has 5 nitrogen and oxygen atoms in total. The van der Waals surface area contributed by atoms with Gasteiger partial charge in [0.1, 0.15) is 0 Å². The van der Waals surface area contributed by atoms with E-state index in [9.17, 15) is 9.59 Å². The number of nitrogens with one attached hydrogen (secondary N) is 2. The van der Waals surface area contributed by atoms with Crippen molar-refractivity contribution in [2.24, 2.45) is 5.73 Å². The number of benzene rings is 2. The number of urea groups is 1. The van der Waals surface area contributed by atoms with Gasteiger partial charge in [-0.15, -0.1) is 0 Å². The molecular weight excluding hydrogens is 242 g/mol. The summed E-state index contributed by atoms with van der Waals surface area (Å²) in [7, 11) is 0. The first-order valence-electron chi connectivity index (χ1n) is 5.62. The van der Waals surface area contributed by atoms with E-state index in [-0.39, 0.29) is 5.91 Å². The van der Waals surface area contributed by atoms with Crippen LogP contribution >= 0.6 is 0 Å². The fourth-order valence-corrected chi connectivity index (χ4v) is 1.74. The quantitative estimate of drug-likeness (QED) is 0.736. The molecule has 3 amide bonds. The first-order valence-corrected chi connectivity index (χ1v) is 5.62. The normalized spacial score (nSPS) is 9.89. The van der Waals surface area contributed by atoms with Crippen LogP contribution in [-0.2, 0) is 4.79 Å². The zero-order valence-corrected chi connectivity index (χ0v) is 10.1. The molecule has 0 spiro atoms. The molecular formula is C14H13N3O2. The highest BCUT2D eigenvalue weighted by molar-refractivity contribution is 6.01. The van der Waals surface area contributed by atoms with Gasteiger partial charge in [0.15, 0.2) is 0 Å². The van der Waals surface area contributed by atoms with Gasteiger partial charge in [-0.2, -0.15) is 0 Å². The van der Waals surface area contributed by atoms with Crippen molar-refractivity contribution in [1.82, 2.24) is 0 Å². The van der Waals surface area contributed by atoms with Crippen LogP contribution in [0.1, 0.15) is 0 Å².